The molecule has 2 heterocycles. The van der Waals surface area contributed by atoms with Gasteiger partial charge in [-0.1, -0.05) is 18.9 Å². The summed E-state index contributed by atoms with van der Waals surface area (Å²) < 4.78 is 5.01. The molecule has 4 nitrogen and oxygen atoms in total. The van der Waals surface area contributed by atoms with E-state index in [4.69, 9.17) is 4.74 Å². The van der Waals surface area contributed by atoms with Gasteiger partial charge in [-0.05, 0) is 30.7 Å². The maximum absolute atomic E-state index is 12.4. The maximum Gasteiger partial charge on any atom is 0.317 e. The number of urea groups is 1. The highest BCUT2D eigenvalue weighted by Crippen LogP contribution is 2.32. The summed E-state index contributed by atoms with van der Waals surface area (Å²) >= 11 is 1.75. The lowest BCUT2D eigenvalue weighted by Gasteiger charge is -2.29. The number of likely N-dealkylation sites (tertiary alicyclic amines) is 1. The predicted octanol–water partition coefficient (Wildman–Crippen LogP) is 3.41. The van der Waals surface area contributed by atoms with Crippen molar-refractivity contribution in [2.24, 2.45) is 0 Å². The number of carbonyl (C=O) groups excluding carboxylic acids is 1. The minimum absolute atomic E-state index is 0.0707. The molecule has 1 aliphatic heterocycles. The fourth-order valence-corrected chi connectivity index (χ4v) is 3.52. The van der Waals surface area contributed by atoms with Crippen molar-refractivity contribution in [2.75, 3.05) is 26.8 Å². The molecule has 20 heavy (non-hydrogen) atoms. The van der Waals surface area contributed by atoms with Crippen LogP contribution in [0.5, 0.6) is 0 Å². The van der Waals surface area contributed by atoms with E-state index >= 15 is 0 Å². The monoisotopic (exact) mass is 296 g/mol. The summed E-state index contributed by atoms with van der Waals surface area (Å²) in [5.41, 5.74) is 0. The number of ether oxygens (including phenoxy) is 1. The van der Waals surface area contributed by atoms with E-state index in [1.165, 1.54) is 17.7 Å². The van der Waals surface area contributed by atoms with E-state index in [2.05, 4.69) is 22.8 Å². The molecule has 0 radical (unpaired) electrons. The lowest BCUT2D eigenvalue weighted by molar-refractivity contribution is 0.171. The largest absolute Gasteiger partial charge is 0.385 e. The molecule has 0 saturated carbocycles. The SMILES string of the molecule is COCCCNC(=O)N1CCCCCC1c1cccs1. The summed E-state index contributed by atoms with van der Waals surface area (Å²) in [6, 6.07) is 4.53. The molecule has 0 aromatic carbocycles. The summed E-state index contributed by atoms with van der Waals surface area (Å²) in [5, 5.41) is 5.11. The van der Waals surface area contributed by atoms with Crippen LogP contribution in [0.3, 0.4) is 0 Å². The molecule has 0 aliphatic carbocycles. The van der Waals surface area contributed by atoms with Gasteiger partial charge in [0.15, 0.2) is 0 Å². The maximum atomic E-state index is 12.4. The number of rotatable bonds is 5. The van der Waals surface area contributed by atoms with Crippen LogP contribution in [0.1, 0.15) is 43.0 Å². The first-order valence-corrected chi connectivity index (χ1v) is 8.27. The molecule has 1 aliphatic rings. The normalized spacial score (nSPS) is 19.6. The van der Waals surface area contributed by atoms with Gasteiger partial charge in [-0.3, -0.25) is 0 Å². The van der Waals surface area contributed by atoms with Gasteiger partial charge in [-0.25, -0.2) is 4.79 Å². The van der Waals surface area contributed by atoms with E-state index in [0.717, 1.165) is 25.8 Å². The third-order valence-corrected chi connectivity index (χ3v) is 4.66. The predicted molar refractivity (Wildman–Crippen MR) is 82.1 cm³/mol. The minimum Gasteiger partial charge on any atom is -0.385 e. The number of amides is 2. The number of hydrogen-bond acceptors (Lipinski definition) is 3. The molecule has 1 atom stereocenters. The fraction of sp³-hybridized carbons (Fsp3) is 0.667. The summed E-state index contributed by atoms with van der Waals surface area (Å²) in [6.07, 6.45) is 5.46. The molecule has 1 aromatic heterocycles. The van der Waals surface area contributed by atoms with Gasteiger partial charge in [0.05, 0.1) is 6.04 Å². The molecule has 2 rings (SSSR count). The van der Waals surface area contributed by atoms with Crippen molar-refractivity contribution in [3.05, 3.63) is 22.4 Å². The van der Waals surface area contributed by atoms with E-state index in [1.54, 1.807) is 18.4 Å². The summed E-state index contributed by atoms with van der Waals surface area (Å²) in [6.45, 7) is 2.23. The standard InChI is InChI=1S/C15H24N2O2S/c1-19-11-6-9-16-15(18)17-10-4-2-3-7-13(17)14-8-5-12-20-14/h5,8,12-13H,2-4,6-7,9-11H2,1H3,(H,16,18). The highest BCUT2D eigenvalue weighted by Gasteiger charge is 2.27. The molecule has 2 amide bonds. The average Bonchev–Trinajstić information content (AvgIpc) is 2.88. The summed E-state index contributed by atoms with van der Waals surface area (Å²) in [5.74, 6) is 0. The molecule has 1 unspecified atom stereocenters. The van der Waals surface area contributed by atoms with E-state index in [1.807, 2.05) is 4.90 Å². The van der Waals surface area contributed by atoms with Crippen LogP contribution in [0.25, 0.3) is 0 Å². The molecule has 0 spiro atoms. The Morgan fingerprint density at radius 1 is 1.50 bits per heavy atom. The molecule has 0 bridgehead atoms. The number of carbonyl (C=O) groups is 1. The lowest BCUT2D eigenvalue weighted by atomic mass is 10.1. The van der Waals surface area contributed by atoms with Crippen molar-refractivity contribution in [3.63, 3.8) is 0 Å². The molecule has 1 aromatic rings. The first-order valence-electron chi connectivity index (χ1n) is 7.39. The molecule has 1 saturated heterocycles. The fourth-order valence-electron chi connectivity index (χ4n) is 2.64. The number of thiophene rings is 1. The molecule has 5 heteroatoms. The van der Waals surface area contributed by atoms with E-state index < -0.39 is 0 Å². The van der Waals surface area contributed by atoms with Crippen LogP contribution in [0, 0.1) is 0 Å². The second kappa shape index (κ2) is 8.27. The van der Waals surface area contributed by atoms with Gasteiger partial charge in [0.1, 0.15) is 0 Å². The van der Waals surface area contributed by atoms with Crippen LogP contribution >= 0.6 is 11.3 Å². The Bertz CT molecular complexity index is 395. The first kappa shape index (κ1) is 15.3. The zero-order valence-corrected chi connectivity index (χ0v) is 13.0. The second-order valence-corrected chi connectivity index (χ2v) is 6.13. The highest BCUT2D eigenvalue weighted by atomic mass is 32.1. The van der Waals surface area contributed by atoms with Gasteiger partial charge >= 0.3 is 6.03 Å². The van der Waals surface area contributed by atoms with Crippen molar-refractivity contribution >= 4 is 17.4 Å². The number of nitrogens with one attached hydrogen (secondary N) is 1. The van der Waals surface area contributed by atoms with Crippen molar-refractivity contribution in [3.8, 4) is 0 Å². The minimum atomic E-state index is 0.0707. The van der Waals surface area contributed by atoms with Gasteiger partial charge in [-0.15, -0.1) is 11.3 Å². The van der Waals surface area contributed by atoms with Gasteiger partial charge in [0.2, 0.25) is 0 Å². The third-order valence-electron chi connectivity index (χ3n) is 3.69. The molecular formula is C15H24N2O2S. The Morgan fingerprint density at radius 3 is 3.15 bits per heavy atom. The molecule has 1 N–H and O–H groups in total. The van der Waals surface area contributed by atoms with Crippen LogP contribution in [0.2, 0.25) is 0 Å². The number of hydrogen-bond donors (Lipinski definition) is 1. The van der Waals surface area contributed by atoms with Crippen molar-refractivity contribution in [1.82, 2.24) is 10.2 Å². The van der Waals surface area contributed by atoms with E-state index in [0.29, 0.717) is 13.2 Å². The number of nitrogens with zero attached hydrogens (tertiary/aromatic N) is 1. The molecule has 1 fully saturated rings. The number of methoxy groups -OCH3 is 1. The second-order valence-electron chi connectivity index (χ2n) is 5.15. The van der Waals surface area contributed by atoms with Crippen LogP contribution in [-0.4, -0.2) is 37.7 Å². The third kappa shape index (κ3) is 4.21. The zero-order valence-electron chi connectivity index (χ0n) is 12.1. The summed E-state index contributed by atoms with van der Waals surface area (Å²) in [7, 11) is 1.68. The van der Waals surface area contributed by atoms with Crippen molar-refractivity contribution < 1.29 is 9.53 Å². The lowest BCUT2D eigenvalue weighted by Crippen LogP contribution is -2.42. The quantitative estimate of drug-likeness (QED) is 0.846. The first-order chi connectivity index (χ1) is 9.83. The summed E-state index contributed by atoms with van der Waals surface area (Å²) in [4.78, 5) is 15.7. The molecule has 112 valence electrons. The molecular weight excluding hydrogens is 272 g/mol. The van der Waals surface area contributed by atoms with E-state index in [-0.39, 0.29) is 12.1 Å². The van der Waals surface area contributed by atoms with Gasteiger partial charge in [0.25, 0.3) is 0 Å². The van der Waals surface area contributed by atoms with Crippen LogP contribution in [0.15, 0.2) is 17.5 Å². The highest BCUT2D eigenvalue weighted by molar-refractivity contribution is 7.10. The van der Waals surface area contributed by atoms with Crippen LogP contribution < -0.4 is 5.32 Å². The zero-order chi connectivity index (χ0) is 14.2. The average molecular weight is 296 g/mol. The Morgan fingerprint density at radius 2 is 2.40 bits per heavy atom. The topological polar surface area (TPSA) is 41.6 Å². The Balaban J connectivity index is 1.95. The van der Waals surface area contributed by atoms with Crippen molar-refractivity contribution in [1.29, 1.82) is 0 Å². The van der Waals surface area contributed by atoms with Gasteiger partial charge in [0, 0.05) is 31.7 Å². The van der Waals surface area contributed by atoms with Crippen LogP contribution in [0.4, 0.5) is 4.79 Å². The Kier molecular flexibility index (Phi) is 6.33. The van der Waals surface area contributed by atoms with Gasteiger partial charge in [-0.2, -0.15) is 0 Å². The van der Waals surface area contributed by atoms with Gasteiger partial charge < -0.3 is 15.0 Å². The van der Waals surface area contributed by atoms with Crippen LogP contribution in [-0.2, 0) is 4.74 Å². The van der Waals surface area contributed by atoms with E-state index in [9.17, 15) is 4.79 Å². The Labute approximate surface area is 125 Å². The Hall–Kier alpha value is -1.07. The van der Waals surface area contributed by atoms with Crippen molar-refractivity contribution in [2.45, 2.75) is 38.1 Å². The smallest absolute Gasteiger partial charge is 0.317 e.